The first-order valence-corrected chi connectivity index (χ1v) is 3.79. The summed E-state index contributed by atoms with van der Waals surface area (Å²) in [6.45, 7) is 5.04. The van der Waals surface area contributed by atoms with Crippen molar-refractivity contribution >= 4 is 0 Å². The highest BCUT2D eigenvalue weighted by Crippen LogP contribution is 1.88. The Hall–Kier alpha value is -0.120. The van der Waals surface area contributed by atoms with Crippen molar-refractivity contribution in [2.45, 2.75) is 13.3 Å². The molecule has 0 heterocycles. The van der Waals surface area contributed by atoms with Crippen LogP contribution < -0.4 is 0 Å². The van der Waals surface area contributed by atoms with Crippen molar-refractivity contribution in [3.63, 3.8) is 0 Å². The lowest BCUT2D eigenvalue weighted by molar-refractivity contribution is 0.185. The lowest BCUT2D eigenvalue weighted by Gasteiger charge is -2.17. The summed E-state index contributed by atoms with van der Waals surface area (Å²) in [4.78, 5) is 2.11. The molecule has 0 spiro atoms. The third-order valence-corrected chi connectivity index (χ3v) is 1.50. The molecular weight excluding hydrogens is 130 g/mol. The molecule has 62 valence electrons. The quantitative estimate of drug-likeness (QED) is 0.541. The van der Waals surface area contributed by atoms with Crippen LogP contribution in [0.5, 0.6) is 0 Å². The number of nitrogens with zero attached hydrogens (tertiary/aromatic N) is 1. The molecule has 0 unspecified atom stereocenters. The maximum absolute atomic E-state index is 8.56. The fraction of sp³-hybridized carbons (Fsp3) is 1.00. The number of aliphatic hydroxyl groups excluding tert-OH is 2. The van der Waals surface area contributed by atoms with Gasteiger partial charge in [0.2, 0.25) is 0 Å². The normalized spacial score (nSPS) is 10.8. The lowest BCUT2D eigenvalue weighted by Crippen LogP contribution is -2.28. The van der Waals surface area contributed by atoms with E-state index < -0.39 is 0 Å². The van der Waals surface area contributed by atoms with Crippen LogP contribution in [0.15, 0.2) is 0 Å². The van der Waals surface area contributed by atoms with E-state index in [0.717, 1.165) is 26.1 Å². The van der Waals surface area contributed by atoms with E-state index in [2.05, 4.69) is 4.90 Å². The number of aliphatic hydroxyl groups is 2. The van der Waals surface area contributed by atoms with Gasteiger partial charge < -0.3 is 15.1 Å². The van der Waals surface area contributed by atoms with Crippen LogP contribution in [0, 0.1) is 0 Å². The monoisotopic (exact) mass is 147 g/mol. The Bertz CT molecular complexity index is 68.6. The Kier molecular flexibility index (Phi) is 6.91. The Labute approximate surface area is 62.3 Å². The van der Waals surface area contributed by atoms with Gasteiger partial charge in [0.25, 0.3) is 0 Å². The van der Waals surface area contributed by atoms with Gasteiger partial charge in [-0.25, -0.2) is 0 Å². The van der Waals surface area contributed by atoms with Crippen molar-refractivity contribution in [1.82, 2.24) is 4.90 Å². The molecule has 3 nitrogen and oxygen atoms in total. The van der Waals surface area contributed by atoms with E-state index in [0.29, 0.717) is 0 Å². The lowest BCUT2D eigenvalue weighted by atomic mass is 10.4. The second kappa shape index (κ2) is 6.99. The number of likely N-dealkylation sites (N-methyl/N-ethyl adjacent to an activating group) is 1. The van der Waals surface area contributed by atoms with E-state index in [1.807, 2.05) is 6.92 Å². The molecular formula is C7H17NO2. The third-order valence-electron chi connectivity index (χ3n) is 1.50. The van der Waals surface area contributed by atoms with Crippen LogP contribution in [0.4, 0.5) is 0 Å². The zero-order chi connectivity index (χ0) is 7.82. The topological polar surface area (TPSA) is 43.7 Å². The molecule has 0 rings (SSSR count). The van der Waals surface area contributed by atoms with Crippen LogP contribution in [0.2, 0.25) is 0 Å². The van der Waals surface area contributed by atoms with Gasteiger partial charge in [0.1, 0.15) is 0 Å². The first-order valence-electron chi connectivity index (χ1n) is 3.79. The Morgan fingerprint density at radius 2 is 1.80 bits per heavy atom. The molecule has 10 heavy (non-hydrogen) atoms. The summed E-state index contributed by atoms with van der Waals surface area (Å²) in [5.41, 5.74) is 0. The molecule has 0 saturated carbocycles. The second-order valence-electron chi connectivity index (χ2n) is 2.24. The smallest absolute Gasteiger partial charge is 0.0558 e. The van der Waals surface area contributed by atoms with E-state index in [1.54, 1.807) is 0 Å². The average molecular weight is 147 g/mol. The van der Waals surface area contributed by atoms with E-state index >= 15 is 0 Å². The van der Waals surface area contributed by atoms with Gasteiger partial charge in [0.15, 0.2) is 0 Å². The van der Waals surface area contributed by atoms with Crippen molar-refractivity contribution < 1.29 is 10.2 Å². The van der Waals surface area contributed by atoms with Gasteiger partial charge in [0, 0.05) is 19.7 Å². The minimum Gasteiger partial charge on any atom is -0.396 e. The summed E-state index contributed by atoms with van der Waals surface area (Å²) in [5, 5.41) is 17.1. The standard InChI is InChI=1S/C7H17NO2/c1-2-8(5-7-10)4-3-6-9/h9-10H,2-7H2,1H3. The van der Waals surface area contributed by atoms with Gasteiger partial charge in [-0.15, -0.1) is 0 Å². The van der Waals surface area contributed by atoms with E-state index in [9.17, 15) is 0 Å². The fourth-order valence-electron chi connectivity index (χ4n) is 0.864. The maximum atomic E-state index is 8.56. The van der Waals surface area contributed by atoms with Crippen molar-refractivity contribution in [3.05, 3.63) is 0 Å². The van der Waals surface area contributed by atoms with Crippen molar-refractivity contribution in [2.24, 2.45) is 0 Å². The number of hydrogen-bond acceptors (Lipinski definition) is 3. The van der Waals surface area contributed by atoms with Gasteiger partial charge in [-0.05, 0) is 13.0 Å². The molecule has 0 bridgehead atoms. The summed E-state index contributed by atoms with van der Waals surface area (Å²) in [6, 6.07) is 0. The first kappa shape index (κ1) is 9.88. The van der Waals surface area contributed by atoms with Crippen LogP contribution in [-0.2, 0) is 0 Å². The number of rotatable bonds is 6. The summed E-state index contributed by atoms with van der Waals surface area (Å²) in [7, 11) is 0. The molecule has 0 aromatic rings. The first-order chi connectivity index (χ1) is 4.85. The Morgan fingerprint density at radius 1 is 1.10 bits per heavy atom. The van der Waals surface area contributed by atoms with Gasteiger partial charge in [-0.1, -0.05) is 6.92 Å². The third kappa shape index (κ3) is 4.73. The molecule has 3 heteroatoms. The average Bonchev–Trinajstić information content (AvgIpc) is 1.98. The highest BCUT2D eigenvalue weighted by Gasteiger charge is 1.98. The van der Waals surface area contributed by atoms with Gasteiger partial charge >= 0.3 is 0 Å². The predicted octanol–water partition coefficient (Wildman–Crippen LogP) is -0.317. The maximum Gasteiger partial charge on any atom is 0.0558 e. The molecule has 0 fully saturated rings. The predicted molar refractivity (Wildman–Crippen MR) is 40.9 cm³/mol. The summed E-state index contributed by atoms with van der Waals surface area (Å²) in [6.07, 6.45) is 0.799. The van der Waals surface area contributed by atoms with E-state index in [-0.39, 0.29) is 13.2 Å². The molecule has 0 radical (unpaired) electrons. The molecule has 0 atom stereocenters. The van der Waals surface area contributed by atoms with Crippen molar-refractivity contribution in [2.75, 3.05) is 32.8 Å². The minimum absolute atomic E-state index is 0.208. The zero-order valence-corrected chi connectivity index (χ0v) is 6.58. The minimum atomic E-state index is 0.208. The van der Waals surface area contributed by atoms with Gasteiger partial charge in [-0.2, -0.15) is 0 Å². The molecule has 2 N–H and O–H groups in total. The van der Waals surface area contributed by atoms with Crippen molar-refractivity contribution in [1.29, 1.82) is 0 Å². The molecule has 0 aromatic carbocycles. The second-order valence-corrected chi connectivity index (χ2v) is 2.24. The van der Waals surface area contributed by atoms with Crippen LogP contribution >= 0.6 is 0 Å². The summed E-state index contributed by atoms with van der Waals surface area (Å²) >= 11 is 0. The fourth-order valence-corrected chi connectivity index (χ4v) is 0.864. The van der Waals surface area contributed by atoms with Gasteiger partial charge in [0.05, 0.1) is 6.61 Å². The zero-order valence-electron chi connectivity index (χ0n) is 6.58. The molecule has 0 aliphatic carbocycles. The molecule has 0 aliphatic rings. The molecule has 0 saturated heterocycles. The largest absolute Gasteiger partial charge is 0.396 e. The summed E-state index contributed by atoms with van der Waals surface area (Å²) in [5.74, 6) is 0. The molecule has 0 aromatic heterocycles. The Balaban J connectivity index is 3.21. The van der Waals surface area contributed by atoms with E-state index in [4.69, 9.17) is 10.2 Å². The van der Waals surface area contributed by atoms with Gasteiger partial charge in [-0.3, -0.25) is 0 Å². The SMILES string of the molecule is CCN(CCO)CCCO. The van der Waals surface area contributed by atoms with Crippen LogP contribution in [-0.4, -0.2) is 48.0 Å². The Morgan fingerprint density at radius 3 is 2.20 bits per heavy atom. The van der Waals surface area contributed by atoms with Crippen LogP contribution in [0.1, 0.15) is 13.3 Å². The molecule has 0 aliphatic heterocycles. The molecule has 0 amide bonds. The summed E-state index contributed by atoms with van der Waals surface area (Å²) < 4.78 is 0. The van der Waals surface area contributed by atoms with Crippen LogP contribution in [0.3, 0.4) is 0 Å². The number of hydrogen-bond donors (Lipinski definition) is 2. The highest BCUT2D eigenvalue weighted by molar-refractivity contribution is 4.52. The highest BCUT2D eigenvalue weighted by atomic mass is 16.3. The van der Waals surface area contributed by atoms with Crippen LogP contribution in [0.25, 0.3) is 0 Å². The van der Waals surface area contributed by atoms with E-state index in [1.165, 1.54) is 0 Å². The van der Waals surface area contributed by atoms with Crippen molar-refractivity contribution in [3.8, 4) is 0 Å².